The van der Waals surface area contributed by atoms with Crippen LogP contribution >= 0.6 is 15.9 Å². The van der Waals surface area contributed by atoms with Crippen LogP contribution in [0.2, 0.25) is 0 Å². The fraction of sp³-hybridized carbons (Fsp3) is 0.500. The lowest BCUT2D eigenvalue weighted by Crippen LogP contribution is -2.30. The fourth-order valence-corrected chi connectivity index (χ4v) is 3.64. The topological polar surface area (TPSA) is 12.0 Å². The molecule has 0 spiro atoms. The summed E-state index contributed by atoms with van der Waals surface area (Å²) in [5, 5.41) is 3.61. The first kappa shape index (κ1) is 8.93. The summed E-state index contributed by atoms with van der Waals surface area (Å²) in [7, 11) is 0. The lowest BCUT2D eigenvalue weighted by Gasteiger charge is -2.29. The third-order valence-corrected chi connectivity index (χ3v) is 4.28. The molecule has 1 heterocycles. The van der Waals surface area contributed by atoms with Gasteiger partial charge in [-0.05, 0) is 43.0 Å². The van der Waals surface area contributed by atoms with Crippen molar-refractivity contribution in [3.63, 3.8) is 0 Å². The van der Waals surface area contributed by atoms with E-state index in [4.69, 9.17) is 0 Å². The summed E-state index contributed by atoms with van der Waals surface area (Å²) in [4.78, 5) is 0. The minimum Gasteiger partial charge on any atom is -0.313 e. The van der Waals surface area contributed by atoms with Gasteiger partial charge in [-0.15, -0.1) is 0 Å². The molecule has 0 amide bonds. The maximum atomic E-state index is 3.69. The third-order valence-electron chi connectivity index (χ3n) is 3.59. The van der Waals surface area contributed by atoms with Crippen LogP contribution in [-0.4, -0.2) is 12.6 Å². The molecule has 1 nitrogen and oxygen atoms in total. The monoisotopic (exact) mass is 251 g/mol. The molecule has 1 fully saturated rings. The van der Waals surface area contributed by atoms with Crippen molar-refractivity contribution in [2.45, 2.75) is 31.2 Å². The highest BCUT2D eigenvalue weighted by atomic mass is 79.9. The Morgan fingerprint density at radius 3 is 3.14 bits per heavy atom. The van der Waals surface area contributed by atoms with Gasteiger partial charge in [-0.1, -0.05) is 28.1 Å². The van der Waals surface area contributed by atoms with Gasteiger partial charge in [0.25, 0.3) is 0 Å². The summed E-state index contributed by atoms with van der Waals surface area (Å²) in [5.41, 5.74) is 3.14. The lowest BCUT2D eigenvalue weighted by atomic mass is 9.80. The van der Waals surface area contributed by atoms with Gasteiger partial charge in [0.1, 0.15) is 0 Å². The van der Waals surface area contributed by atoms with Gasteiger partial charge >= 0.3 is 0 Å². The second kappa shape index (κ2) is 3.35. The first-order valence-corrected chi connectivity index (χ1v) is 6.16. The summed E-state index contributed by atoms with van der Waals surface area (Å²) in [5.74, 6) is 0.759. The number of fused-ring (bicyclic) bond motifs is 3. The molecule has 2 unspecified atom stereocenters. The first-order valence-electron chi connectivity index (χ1n) is 5.37. The van der Waals surface area contributed by atoms with Crippen LogP contribution in [0.5, 0.6) is 0 Å². The van der Waals surface area contributed by atoms with Crippen LogP contribution in [-0.2, 0) is 6.42 Å². The van der Waals surface area contributed by atoms with Crippen LogP contribution in [0.15, 0.2) is 22.7 Å². The highest BCUT2D eigenvalue weighted by Gasteiger charge is 2.33. The van der Waals surface area contributed by atoms with Crippen LogP contribution < -0.4 is 5.32 Å². The van der Waals surface area contributed by atoms with E-state index in [1.165, 1.54) is 30.3 Å². The molecule has 1 aliphatic carbocycles. The second-order valence-corrected chi connectivity index (χ2v) is 5.16. The number of hydrogen-bond donors (Lipinski definition) is 1. The number of halogens is 1. The Bertz CT molecular complexity index is 361. The highest BCUT2D eigenvalue weighted by molar-refractivity contribution is 9.10. The zero-order valence-corrected chi connectivity index (χ0v) is 9.68. The summed E-state index contributed by atoms with van der Waals surface area (Å²) in [6.45, 7) is 1.19. The van der Waals surface area contributed by atoms with Crippen molar-refractivity contribution in [3.05, 3.63) is 33.8 Å². The molecule has 2 atom stereocenters. The van der Waals surface area contributed by atoms with Crippen molar-refractivity contribution in [2.75, 3.05) is 6.54 Å². The van der Waals surface area contributed by atoms with Crippen molar-refractivity contribution in [2.24, 2.45) is 0 Å². The SMILES string of the molecule is Brc1cccc2c1C1CCNC1CC2. The van der Waals surface area contributed by atoms with E-state index >= 15 is 0 Å². The molecule has 3 rings (SSSR count). The fourth-order valence-electron chi connectivity index (χ4n) is 2.94. The smallest absolute Gasteiger partial charge is 0.0213 e. The van der Waals surface area contributed by atoms with Gasteiger partial charge in [0.2, 0.25) is 0 Å². The molecule has 1 aromatic rings. The summed E-state index contributed by atoms with van der Waals surface area (Å²) < 4.78 is 1.31. The van der Waals surface area contributed by atoms with E-state index in [1.54, 1.807) is 11.1 Å². The quantitative estimate of drug-likeness (QED) is 0.748. The summed E-state index contributed by atoms with van der Waals surface area (Å²) in [6, 6.07) is 7.36. The van der Waals surface area contributed by atoms with Gasteiger partial charge < -0.3 is 5.32 Å². The van der Waals surface area contributed by atoms with Crippen molar-refractivity contribution in [1.29, 1.82) is 0 Å². The Hall–Kier alpha value is -0.340. The zero-order chi connectivity index (χ0) is 9.54. The maximum Gasteiger partial charge on any atom is 0.0213 e. The molecular formula is C12H14BrN. The van der Waals surface area contributed by atoms with Gasteiger partial charge in [0.05, 0.1) is 0 Å². The molecule has 0 bridgehead atoms. The molecule has 0 aromatic heterocycles. The van der Waals surface area contributed by atoms with Crippen molar-refractivity contribution in [1.82, 2.24) is 5.32 Å². The second-order valence-electron chi connectivity index (χ2n) is 4.31. The largest absolute Gasteiger partial charge is 0.313 e. The van der Waals surface area contributed by atoms with Crippen molar-refractivity contribution < 1.29 is 0 Å². The predicted molar refractivity (Wildman–Crippen MR) is 61.6 cm³/mol. The van der Waals surface area contributed by atoms with Crippen molar-refractivity contribution >= 4 is 15.9 Å². The Balaban J connectivity index is 2.11. The number of nitrogens with one attached hydrogen (secondary N) is 1. The zero-order valence-electron chi connectivity index (χ0n) is 8.09. The molecule has 2 heteroatoms. The molecule has 1 aromatic carbocycles. The van der Waals surface area contributed by atoms with E-state index in [2.05, 4.69) is 39.4 Å². The third kappa shape index (κ3) is 1.24. The maximum absolute atomic E-state index is 3.69. The molecule has 74 valence electrons. The Kier molecular flexibility index (Phi) is 2.14. The molecule has 1 aliphatic heterocycles. The van der Waals surface area contributed by atoms with Crippen molar-refractivity contribution in [3.8, 4) is 0 Å². The molecule has 1 N–H and O–H groups in total. The van der Waals surface area contributed by atoms with E-state index in [1.807, 2.05) is 0 Å². The number of benzene rings is 1. The van der Waals surface area contributed by atoms with Gasteiger partial charge in [0.15, 0.2) is 0 Å². The normalized spacial score (nSPS) is 29.8. The van der Waals surface area contributed by atoms with Gasteiger partial charge in [0, 0.05) is 16.4 Å². The number of hydrogen-bond acceptors (Lipinski definition) is 1. The van der Waals surface area contributed by atoms with Crippen LogP contribution in [0.1, 0.15) is 29.9 Å². The minimum atomic E-state index is 0.737. The number of aryl methyl sites for hydroxylation is 1. The highest BCUT2D eigenvalue weighted by Crippen LogP contribution is 2.40. The van der Waals surface area contributed by atoms with E-state index in [-0.39, 0.29) is 0 Å². The molecular weight excluding hydrogens is 238 g/mol. The molecule has 1 saturated heterocycles. The average Bonchev–Trinajstić information content (AvgIpc) is 2.65. The van der Waals surface area contributed by atoms with Crippen LogP contribution in [0.25, 0.3) is 0 Å². The standard InChI is InChI=1S/C12H14BrN/c13-10-3-1-2-8-4-5-11-9(12(8)10)6-7-14-11/h1-3,9,11,14H,4-7H2. The van der Waals surface area contributed by atoms with E-state index in [9.17, 15) is 0 Å². The van der Waals surface area contributed by atoms with Gasteiger partial charge in [-0.3, -0.25) is 0 Å². The van der Waals surface area contributed by atoms with Crippen LogP contribution in [0.3, 0.4) is 0 Å². The van der Waals surface area contributed by atoms with Crippen LogP contribution in [0, 0.1) is 0 Å². The number of rotatable bonds is 0. The van der Waals surface area contributed by atoms with Crippen LogP contribution in [0.4, 0.5) is 0 Å². The van der Waals surface area contributed by atoms with E-state index < -0.39 is 0 Å². The molecule has 2 aliphatic rings. The Morgan fingerprint density at radius 2 is 2.21 bits per heavy atom. The average molecular weight is 252 g/mol. The summed E-state index contributed by atoms with van der Waals surface area (Å²) in [6.07, 6.45) is 3.86. The van der Waals surface area contributed by atoms with Gasteiger partial charge in [-0.2, -0.15) is 0 Å². The van der Waals surface area contributed by atoms with Gasteiger partial charge in [-0.25, -0.2) is 0 Å². The predicted octanol–water partition coefficient (Wildman–Crippen LogP) is 2.84. The molecule has 0 radical (unpaired) electrons. The van der Waals surface area contributed by atoms with E-state index in [0.29, 0.717) is 0 Å². The Labute approximate surface area is 93.0 Å². The first-order chi connectivity index (χ1) is 6.86. The lowest BCUT2D eigenvalue weighted by molar-refractivity contribution is 0.480. The summed E-state index contributed by atoms with van der Waals surface area (Å²) >= 11 is 3.69. The molecule has 14 heavy (non-hydrogen) atoms. The van der Waals surface area contributed by atoms with E-state index in [0.717, 1.165) is 12.0 Å². The minimum absolute atomic E-state index is 0.737. The molecule has 0 saturated carbocycles. The Morgan fingerprint density at radius 1 is 1.29 bits per heavy atom.